The van der Waals surface area contributed by atoms with Crippen molar-refractivity contribution in [2.45, 2.75) is 20.1 Å². The smallest absolute Gasteiger partial charge is 0.162 e. The second-order valence-corrected chi connectivity index (χ2v) is 6.53. The summed E-state index contributed by atoms with van der Waals surface area (Å²) in [6, 6.07) is 9.24. The summed E-state index contributed by atoms with van der Waals surface area (Å²) in [6.07, 6.45) is 0. The van der Waals surface area contributed by atoms with Gasteiger partial charge in [-0.05, 0) is 36.4 Å². The van der Waals surface area contributed by atoms with E-state index in [1.165, 1.54) is 0 Å². The molecule has 0 atom stereocenters. The van der Waals surface area contributed by atoms with Gasteiger partial charge in [0.1, 0.15) is 6.61 Å². The third-order valence-corrected chi connectivity index (χ3v) is 4.78. The Morgan fingerprint density at radius 2 is 1.83 bits per heavy atom. The molecular weight excluding hydrogens is 401 g/mol. The monoisotopic (exact) mass is 417 g/mol. The molecule has 0 aliphatic heterocycles. The number of benzene rings is 2. The summed E-state index contributed by atoms with van der Waals surface area (Å²) in [5, 5.41) is 4.45. The Hall–Kier alpha value is -0.940. The van der Waals surface area contributed by atoms with Crippen LogP contribution in [0.1, 0.15) is 18.1 Å². The van der Waals surface area contributed by atoms with Crippen LogP contribution in [0.4, 0.5) is 0 Å². The van der Waals surface area contributed by atoms with Crippen LogP contribution in [0, 0.1) is 0 Å². The zero-order valence-electron chi connectivity index (χ0n) is 13.0. The van der Waals surface area contributed by atoms with Crippen LogP contribution in [-0.4, -0.2) is 13.7 Å². The number of nitrogens with one attached hydrogen (secondary N) is 1. The molecule has 0 aromatic heterocycles. The molecule has 0 bridgehead atoms. The lowest BCUT2D eigenvalue weighted by Crippen LogP contribution is -2.12. The zero-order chi connectivity index (χ0) is 16.8. The summed E-state index contributed by atoms with van der Waals surface area (Å²) >= 11 is 15.9. The number of methoxy groups -OCH3 is 1. The largest absolute Gasteiger partial charge is 0.493 e. The van der Waals surface area contributed by atoms with Crippen LogP contribution in [0.5, 0.6) is 11.5 Å². The molecule has 3 nitrogen and oxygen atoms in total. The van der Waals surface area contributed by atoms with Crippen LogP contribution in [0.25, 0.3) is 0 Å². The Kier molecular flexibility index (Phi) is 7.03. The average molecular weight is 419 g/mol. The van der Waals surface area contributed by atoms with Gasteiger partial charge in [-0.25, -0.2) is 0 Å². The number of hydrogen-bond donors (Lipinski definition) is 1. The molecule has 6 heteroatoms. The van der Waals surface area contributed by atoms with Crippen molar-refractivity contribution in [2.24, 2.45) is 0 Å². The third-order valence-electron chi connectivity index (χ3n) is 3.33. The van der Waals surface area contributed by atoms with E-state index in [-0.39, 0.29) is 6.61 Å². The van der Waals surface area contributed by atoms with Gasteiger partial charge in [0.25, 0.3) is 0 Å². The number of rotatable bonds is 7. The molecule has 1 N–H and O–H groups in total. The van der Waals surface area contributed by atoms with Crippen molar-refractivity contribution < 1.29 is 9.47 Å². The maximum atomic E-state index is 6.17. The third kappa shape index (κ3) is 4.77. The summed E-state index contributed by atoms with van der Waals surface area (Å²) in [5.74, 6) is 1.31. The molecule has 0 saturated carbocycles. The fourth-order valence-electron chi connectivity index (χ4n) is 2.06. The van der Waals surface area contributed by atoms with Crippen molar-refractivity contribution in [2.75, 3.05) is 13.7 Å². The lowest BCUT2D eigenvalue weighted by Gasteiger charge is -2.15. The topological polar surface area (TPSA) is 30.5 Å². The van der Waals surface area contributed by atoms with Crippen LogP contribution in [0.2, 0.25) is 10.0 Å². The van der Waals surface area contributed by atoms with Crippen molar-refractivity contribution in [1.82, 2.24) is 5.32 Å². The standard InChI is InChI=1S/C17H18BrCl2NO2/c1-3-21-9-11-7-16(22-2)17(8-13(11)18)23-10-12-14(19)5-4-6-15(12)20/h4-8,21H,3,9-10H2,1-2H3. The van der Waals surface area contributed by atoms with Gasteiger partial charge < -0.3 is 14.8 Å². The lowest BCUT2D eigenvalue weighted by atomic mass is 10.2. The van der Waals surface area contributed by atoms with E-state index in [1.807, 2.05) is 12.1 Å². The van der Waals surface area contributed by atoms with Crippen LogP contribution >= 0.6 is 39.1 Å². The van der Waals surface area contributed by atoms with E-state index < -0.39 is 0 Å². The molecule has 0 spiro atoms. The van der Waals surface area contributed by atoms with Crippen molar-refractivity contribution >= 4 is 39.1 Å². The first-order chi connectivity index (χ1) is 11.1. The van der Waals surface area contributed by atoms with Crippen LogP contribution < -0.4 is 14.8 Å². The van der Waals surface area contributed by atoms with Crippen molar-refractivity contribution in [3.63, 3.8) is 0 Å². The van der Waals surface area contributed by atoms with Gasteiger partial charge in [-0.15, -0.1) is 0 Å². The van der Waals surface area contributed by atoms with Crippen molar-refractivity contribution in [3.8, 4) is 11.5 Å². The van der Waals surface area contributed by atoms with E-state index >= 15 is 0 Å². The fourth-order valence-corrected chi connectivity index (χ4v) is 3.03. The minimum absolute atomic E-state index is 0.272. The first-order valence-corrected chi connectivity index (χ1v) is 8.74. The van der Waals surface area contributed by atoms with E-state index in [0.29, 0.717) is 21.5 Å². The van der Waals surface area contributed by atoms with Gasteiger partial charge in [-0.3, -0.25) is 0 Å². The van der Waals surface area contributed by atoms with E-state index in [9.17, 15) is 0 Å². The molecule has 124 valence electrons. The van der Waals surface area contributed by atoms with Gasteiger partial charge in [0.15, 0.2) is 11.5 Å². The van der Waals surface area contributed by atoms with Gasteiger partial charge in [0.2, 0.25) is 0 Å². The Balaban J connectivity index is 2.21. The second-order valence-electron chi connectivity index (χ2n) is 4.86. The van der Waals surface area contributed by atoms with Gasteiger partial charge in [-0.2, -0.15) is 0 Å². The summed E-state index contributed by atoms with van der Waals surface area (Å²) in [5.41, 5.74) is 1.86. The Bertz CT molecular complexity index is 660. The molecule has 2 aromatic rings. The molecule has 23 heavy (non-hydrogen) atoms. The van der Waals surface area contributed by atoms with E-state index in [4.69, 9.17) is 32.7 Å². The first-order valence-electron chi connectivity index (χ1n) is 7.19. The second kappa shape index (κ2) is 8.78. The predicted molar refractivity (Wildman–Crippen MR) is 98.9 cm³/mol. The van der Waals surface area contributed by atoms with Gasteiger partial charge in [-0.1, -0.05) is 52.1 Å². The summed E-state index contributed by atoms with van der Waals surface area (Å²) < 4.78 is 12.3. The molecule has 0 saturated heterocycles. The normalized spacial score (nSPS) is 10.7. The number of ether oxygens (including phenoxy) is 2. The highest BCUT2D eigenvalue weighted by Crippen LogP contribution is 2.35. The molecule has 0 radical (unpaired) electrons. The average Bonchev–Trinajstić information content (AvgIpc) is 2.53. The molecule has 0 unspecified atom stereocenters. The van der Waals surface area contributed by atoms with E-state index in [1.54, 1.807) is 25.3 Å². The highest BCUT2D eigenvalue weighted by Gasteiger charge is 2.12. The highest BCUT2D eigenvalue weighted by atomic mass is 79.9. The molecule has 0 heterocycles. The Morgan fingerprint density at radius 1 is 1.13 bits per heavy atom. The number of hydrogen-bond acceptors (Lipinski definition) is 3. The van der Waals surface area contributed by atoms with Crippen molar-refractivity contribution in [3.05, 3.63) is 56.0 Å². The van der Waals surface area contributed by atoms with E-state index in [0.717, 1.165) is 28.7 Å². The van der Waals surface area contributed by atoms with E-state index in [2.05, 4.69) is 28.2 Å². The maximum absolute atomic E-state index is 6.17. The van der Waals surface area contributed by atoms with Crippen LogP contribution in [0.15, 0.2) is 34.8 Å². The summed E-state index contributed by atoms with van der Waals surface area (Å²) in [7, 11) is 1.62. The molecule has 2 rings (SSSR count). The molecule has 0 amide bonds. The quantitative estimate of drug-likeness (QED) is 0.648. The number of halogens is 3. The van der Waals surface area contributed by atoms with Gasteiger partial charge >= 0.3 is 0 Å². The van der Waals surface area contributed by atoms with Crippen LogP contribution in [0.3, 0.4) is 0 Å². The highest BCUT2D eigenvalue weighted by molar-refractivity contribution is 9.10. The summed E-state index contributed by atoms with van der Waals surface area (Å²) in [6.45, 7) is 3.99. The zero-order valence-corrected chi connectivity index (χ0v) is 16.1. The molecular formula is C17H18BrCl2NO2. The SMILES string of the molecule is CCNCc1cc(OC)c(OCc2c(Cl)cccc2Cl)cc1Br. The fraction of sp³-hybridized carbons (Fsp3) is 0.294. The molecule has 0 aliphatic carbocycles. The predicted octanol–water partition coefficient (Wildman–Crippen LogP) is 5.45. The molecule has 0 aliphatic rings. The molecule has 2 aromatic carbocycles. The van der Waals surface area contributed by atoms with Crippen molar-refractivity contribution in [1.29, 1.82) is 0 Å². The first kappa shape index (κ1) is 18.4. The molecule has 0 fully saturated rings. The Labute approximate surface area is 155 Å². The minimum atomic E-state index is 0.272. The van der Waals surface area contributed by atoms with Gasteiger partial charge in [0.05, 0.1) is 7.11 Å². The van der Waals surface area contributed by atoms with Gasteiger partial charge in [0, 0.05) is 26.6 Å². The summed E-state index contributed by atoms with van der Waals surface area (Å²) in [4.78, 5) is 0. The Morgan fingerprint density at radius 3 is 2.43 bits per heavy atom. The maximum Gasteiger partial charge on any atom is 0.162 e. The lowest BCUT2D eigenvalue weighted by molar-refractivity contribution is 0.284. The van der Waals surface area contributed by atoms with Crippen LogP contribution in [-0.2, 0) is 13.2 Å². The minimum Gasteiger partial charge on any atom is -0.493 e.